The van der Waals surface area contributed by atoms with Crippen LogP contribution in [0.15, 0.2) is 60.7 Å². The maximum atomic E-state index is 12.7. The summed E-state index contributed by atoms with van der Waals surface area (Å²) in [6.45, 7) is 6.16. The van der Waals surface area contributed by atoms with Crippen LogP contribution in [0.5, 0.6) is 11.5 Å². The van der Waals surface area contributed by atoms with Crippen LogP contribution in [-0.2, 0) is 4.79 Å². The van der Waals surface area contributed by atoms with Gasteiger partial charge in [-0.25, -0.2) is 4.98 Å². The lowest BCUT2D eigenvalue weighted by Crippen LogP contribution is -2.27. The first-order valence-electron chi connectivity index (χ1n) is 11.2. The van der Waals surface area contributed by atoms with E-state index in [1.54, 1.807) is 20.1 Å². The minimum Gasteiger partial charge on any atom is -0.506 e. The number of aromatic hydroxyl groups is 1. The number of methoxy groups -OCH3 is 1. The third-order valence-electron chi connectivity index (χ3n) is 6.08. The third kappa shape index (κ3) is 5.03. The van der Waals surface area contributed by atoms with Crippen molar-refractivity contribution in [1.82, 2.24) is 4.98 Å². The second-order valence-electron chi connectivity index (χ2n) is 8.18. The highest BCUT2D eigenvalue weighted by Crippen LogP contribution is 2.30. The molecule has 4 rings (SSSR count). The van der Waals surface area contributed by atoms with Gasteiger partial charge in [-0.05, 0) is 80.9 Å². The smallest absolute Gasteiger partial charge is 0.229 e. The van der Waals surface area contributed by atoms with E-state index < -0.39 is 0 Å². The number of aromatic nitrogens is 1. The Morgan fingerprint density at radius 2 is 1.88 bits per heavy atom. The van der Waals surface area contributed by atoms with Gasteiger partial charge in [-0.15, -0.1) is 0 Å². The van der Waals surface area contributed by atoms with E-state index in [-0.39, 0.29) is 17.6 Å². The SMILES string of the molecule is CCN(c1ccc(N2CCC(C(=O)Nc3ccc(OC)cc3)C2)cc1)c1ccc(O)c(C)n1. The van der Waals surface area contributed by atoms with E-state index in [9.17, 15) is 9.90 Å². The Morgan fingerprint density at radius 3 is 2.52 bits per heavy atom. The lowest BCUT2D eigenvalue weighted by atomic mass is 10.1. The van der Waals surface area contributed by atoms with E-state index >= 15 is 0 Å². The van der Waals surface area contributed by atoms with Gasteiger partial charge in [-0.3, -0.25) is 4.79 Å². The van der Waals surface area contributed by atoms with Crippen LogP contribution in [0.25, 0.3) is 0 Å². The number of hydrogen-bond acceptors (Lipinski definition) is 6. The molecule has 7 nitrogen and oxygen atoms in total. The maximum absolute atomic E-state index is 12.7. The van der Waals surface area contributed by atoms with Crippen LogP contribution in [0.3, 0.4) is 0 Å². The highest BCUT2D eigenvalue weighted by atomic mass is 16.5. The number of benzene rings is 2. The fourth-order valence-corrected chi connectivity index (χ4v) is 4.14. The van der Waals surface area contributed by atoms with Gasteiger partial charge in [0.15, 0.2) is 0 Å². The molecule has 1 saturated heterocycles. The van der Waals surface area contributed by atoms with Gasteiger partial charge in [0.2, 0.25) is 5.91 Å². The summed E-state index contributed by atoms with van der Waals surface area (Å²) in [5, 5.41) is 12.8. The van der Waals surface area contributed by atoms with Crippen molar-refractivity contribution in [2.75, 3.05) is 41.9 Å². The molecule has 1 fully saturated rings. The first kappa shape index (κ1) is 22.5. The van der Waals surface area contributed by atoms with Crippen molar-refractivity contribution >= 4 is 28.8 Å². The average molecular weight is 447 g/mol. The predicted molar refractivity (Wildman–Crippen MR) is 132 cm³/mol. The molecule has 2 N–H and O–H groups in total. The van der Waals surface area contributed by atoms with Crippen molar-refractivity contribution in [2.24, 2.45) is 5.92 Å². The molecule has 2 aromatic carbocycles. The largest absolute Gasteiger partial charge is 0.506 e. The second kappa shape index (κ2) is 9.81. The van der Waals surface area contributed by atoms with Crippen molar-refractivity contribution in [3.8, 4) is 11.5 Å². The molecule has 0 aliphatic carbocycles. The molecule has 0 saturated carbocycles. The van der Waals surface area contributed by atoms with Crippen LogP contribution in [0.1, 0.15) is 19.0 Å². The summed E-state index contributed by atoms with van der Waals surface area (Å²) >= 11 is 0. The van der Waals surface area contributed by atoms with E-state index in [1.165, 1.54) is 0 Å². The van der Waals surface area contributed by atoms with Gasteiger partial charge >= 0.3 is 0 Å². The van der Waals surface area contributed by atoms with Gasteiger partial charge in [0.05, 0.1) is 18.7 Å². The maximum Gasteiger partial charge on any atom is 0.229 e. The number of aryl methyl sites for hydroxylation is 1. The standard InChI is InChI=1S/C26H30N4O3/c1-4-30(25-14-13-24(31)18(2)27-25)22-9-7-21(8-10-22)29-16-15-19(17-29)26(32)28-20-5-11-23(33-3)12-6-20/h5-14,19,31H,4,15-17H2,1-3H3,(H,28,32). The van der Waals surface area contributed by atoms with Gasteiger partial charge < -0.3 is 25.0 Å². The summed E-state index contributed by atoms with van der Waals surface area (Å²) in [6, 6.07) is 19.2. The summed E-state index contributed by atoms with van der Waals surface area (Å²) in [7, 11) is 1.62. The number of nitrogens with zero attached hydrogens (tertiary/aromatic N) is 3. The van der Waals surface area contributed by atoms with Gasteiger partial charge in [0, 0.05) is 36.7 Å². The quantitative estimate of drug-likeness (QED) is 0.547. The van der Waals surface area contributed by atoms with Crippen LogP contribution in [-0.4, -0.2) is 42.7 Å². The summed E-state index contributed by atoms with van der Waals surface area (Å²) in [6.07, 6.45) is 0.821. The summed E-state index contributed by atoms with van der Waals surface area (Å²) in [5.41, 5.74) is 3.52. The van der Waals surface area contributed by atoms with Crippen LogP contribution >= 0.6 is 0 Å². The summed E-state index contributed by atoms with van der Waals surface area (Å²) < 4.78 is 5.17. The Morgan fingerprint density at radius 1 is 1.15 bits per heavy atom. The lowest BCUT2D eigenvalue weighted by Gasteiger charge is -2.24. The number of ether oxygens (including phenoxy) is 1. The van der Waals surface area contributed by atoms with Crippen LogP contribution in [0, 0.1) is 12.8 Å². The zero-order valence-electron chi connectivity index (χ0n) is 19.3. The van der Waals surface area contributed by atoms with E-state index in [0.29, 0.717) is 12.2 Å². The van der Waals surface area contributed by atoms with Crippen LogP contribution < -0.4 is 19.9 Å². The van der Waals surface area contributed by atoms with Gasteiger partial charge in [-0.1, -0.05) is 0 Å². The zero-order valence-corrected chi connectivity index (χ0v) is 19.3. The van der Waals surface area contributed by atoms with E-state index in [0.717, 1.165) is 48.1 Å². The first-order chi connectivity index (χ1) is 16.0. The molecule has 2 heterocycles. The molecule has 0 spiro atoms. The average Bonchev–Trinajstić information content (AvgIpc) is 3.33. The molecular formula is C26H30N4O3. The van der Waals surface area contributed by atoms with E-state index in [1.807, 2.05) is 30.3 Å². The summed E-state index contributed by atoms with van der Waals surface area (Å²) in [5.74, 6) is 1.76. The number of pyridine rings is 1. The monoisotopic (exact) mass is 446 g/mol. The first-order valence-corrected chi connectivity index (χ1v) is 11.2. The zero-order chi connectivity index (χ0) is 23.4. The summed E-state index contributed by atoms with van der Waals surface area (Å²) in [4.78, 5) is 21.6. The Balaban J connectivity index is 1.39. The fourth-order valence-electron chi connectivity index (χ4n) is 4.14. The molecule has 1 amide bonds. The molecule has 7 heteroatoms. The molecule has 1 unspecified atom stereocenters. The van der Waals surface area contributed by atoms with Crippen molar-refractivity contribution in [3.05, 3.63) is 66.4 Å². The van der Waals surface area contributed by atoms with Crippen LogP contribution in [0.2, 0.25) is 0 Å². The number of hydrogen-bond donors (Lipinski definition) is 2. The lowest BCUT2D eigenvalue weighted by molar-refractivity contribution is -0.119. The second-order valence-corrected chi connectivity index (χ2v) is 8.18. The minimum atomic E-state index is -0.0527. The van der Waals surface area contributed by atoms with Gasteiger partial charge in [-0.2, -0.15) is 0 Å². The minimum absolute atomic E-state index is 0.0465. The van der Waals surface area contributed by atoms with Crippen LogP contribution in [0.4, 0.5) is 22.9 Å². The highest BCUT2D eigenvalue weighted by molar-refractivity contribution is 5.93. The molecular weight excluding hydrogens is 416 g/mol. The molecule has 33 heavy (non-hydrogen) atoms. The number of nitrogens with one attached hydrogen (secondary N) is 1. The molecule has 1 aliphatic heterocycles. The molecule has 0 bridgehead atoms. The Kier molecular flexibility index (Phi) is 6.68. The number of rotatable bonds is 7. The normalized spacial score (nSPS) is 15.4. The number of anilines is 4. The Hall–Kier alpha value is -3.74. The molecule has 1 atom stereocenters. The van der Waals surface area contributed by atoms with Crippen molar-refractivity contribution in [3.63, 3.8) is 0 Å². The third-order valence-corrected chi connectivity index (χ3v) is 6.08. The number of amides is 1. The predicted octanol–water partition coefficient (Wildman–Crippen LogP) is 4.73. The Bertz CT molecular complexity index is 1100. The van der Waals surface area contributed by atoms with Gasteiger partial charge in [0.1, 0.15) is 17.3 Å². The molecule has 1 aromatic heterocycles. The highest BCUT2D eigenvalue weighted by Gasteiger charge is 2.28. The van der Waals surface area contributed by atoms with Crippen molar-refractivity contribution in [1.29, 1.82) is 0 Å². The number of carbonyl (C=O) groups is 1. The number of carbonyl (C=O) groups excluding carboxylic acids is 1. The van der Waals surface area contributed by atoms with Crippen molar-refractivity contribution in [2.45, 2.75) is 20.3 Å². The molecule has 0 radical (unpaired) electrons. The molecule has 3 aromatic rings. The Labute approximate surface area is 194 Å². The molecule has 1 aliphatic rings. The topological polar surface area (TPSA) is 77.9 Å². The van der Waals surface area contributed by atoms with E-state index in [4.69, 9.17) is 4.74 Å². The van der Waals surface area contributed by atoms with Gasteiger partial charge in [0.25, 0.3) is 0 Å². The fraction of sp³-hybridized carbons (Fsp3) is 0.308. The van der Waals surface area contributed by atoms with E-state index in [2.05, 4.69) is 51.3 Å². The molecule has 172 valence electrons. The van der Waals surface area contributed by atoms with Crippen molar-refractivity contribution < 1.29 is 14.6 Å².